The molecule has 0 aliphatic rings. The van der Waals surface area contributed by atoms with Crippen molar-refractivity contribution in [1.82, 2.24) is 10.3 Å². The average Bonchev–Trinajstić information content (AvgIpc) is 2.27. The molecule has 1 unspecified atom stereocenters. The third kappa shape index (κ3) is 4.08. The molecule has 1 atom stereocenters. The van der Waals surface area contributed by atoms with E-state index in [1.165, 1.54) is 0 Å². The van der Waals surface area contributed by atoms with Crippen LogP contribution in [-0.2, 0) is 16.0 Å². The lowest BCUT2D eigenvalue weighted by molar-refractivity contribution is -0.122. The molecule has 16 heavy (non-hydrogen) atoms. The van der Waals surface area contributed by atoms with E-state index in [1.54, 1.807) is 25.3 Å². The average molecular weight is 221 g/mol. The molecule has 1 heterocycles. The zero-order valence-corrected chi connectivity index (χ0v) is 9.14. The number of hydrogen-bond donors (Lipinski definition) is 2. The minimum absolute atomic E-state index is 0.160. The van der Waals surface area contributed by atoms with Gasteiger partial charge in [-0.2, -0.15) is 0 Å². The van der Waals surface area contributed by atoms with E-state index >= 15 is 0 Å². The molecule has 5 nitrogen and oxygen atoms in total. The minimum atomic E-state index is -0.418. The Morgan fingerprint density at radius 3 is 2.81 bits per heavy atom. The highest BCUT2D eigenvalue weighted by Crippen LogP contribution is 1.95. The highest BCUT2D eigenvalue weighted by atomic mass is 16.2. The lowest BCUT2D eigenvalue weighted by Gasteiger charge is -2.08. The Kier molecular flexibility index (Phi) is 4.44. The van der Waals surface area contributed by atoms with Crippen LogP contribution in [0.2, 0.25) is 0 Å². The van der Waals surface area contributed by atoms with Gasteiger partial charge in [0.25, 0.3) is 0 Å². The summed E-state index contributed by atoms with van der Waals surface area (Å²) < 4.78 is 0. The van der Waals surface area contributed by atoms with E-state index in [4.69, 9.17) is 5.73 Å². The fourth-order valence-corrected chi connectivity index (χ4v) is 1.10. The number of rotatable bonds is 5. The maximum absolute atomic E-state index is 11.4. The number of carbonyl (C=O) groups excluding carboxylic acids is 2. The SMILES string of the molecule is CC(CNC(=O)Cc1ccccn1)C(N)=O. The number of amides is 2. The summed E-state index contributed by atoms with van der Waals surface area (Å²) in [5.41, 5.74) is 5.77. The van der Waals surface area contributed by atoms with Crippen molar-refractivity contribution >= 4 is 11.8 Å². The van der Waals surface area contributed by atoms with Gasteiger partial charge in [0, 0.05) is 18.4 Å². The predicted molar refractivity (Wildman–Crippen MR) is 59.3 cm³/mol. The summed E-state index contributed by atoms with van der Waals surface area (Å²) in [4.78, 5) is 26.2. The second kappa shape index (κ2) is 5.85. The molecule has 0 bridgehead atoms. The number of nitrogens with one attached hydrogen (secondary N) is 1. The lowest BCUT2D eigenvalue weighted by atomic mass is 10.1. The Morgan fingerprint density at radius 2 is 2.25 bits per heavy atom. The number of nitrogens with zero attached hydrogens (tertiary/aromatic N) is 1. The Balaban J connectivity index is 2.35. The molecule has 0 saturated heterocycles. The van der Waals surface area contributed by atoms with Crippen molar-refractivity contribution in [2.24, 2.45) is 11.7 Å². The summed E-state index contributed by atoms with van der Waals surface area (Å²) in [6, 6.07) is 5.38. The molecular weight excluding hydrogens is 206 g/mol. The molecule has 0 spiro atoms. The van der Waals surface area contributed by atoms with Crippen LogP contribution in [0.1, 0.15) is 12.6 Å². The number of hydrogen-bond acceptors (Lipinski definition) is 3. The van der Waals surface area contributed by atoms with Crippen LogP contribution in [0.25, 0.3) is 0 Å². The lowest BCUT2D eigenvalue weighted by Crippen LogP contribution is -2.35. The van der Waals surface area contributed by atoms with Gasteiger partial charge >= 0.3 is 0 Å². The molecule has 0 aliphatic heterocycles. The first-order valence-electron chi connectivity index (χ1n) is 5.05. The van der Waals surface area contributed by atoms with E-state index in [0.717, 1.165) is 0 Å². The molecule has 0 fully saturated rings. The number of nitrogens with two attached hydrogens (primary N) is 1. The number of aromatic nitrogens is 1. The second-order valence-corrected chi connectivity index (χ2v) is 3.61. The number of carbonyl (C=O) groups is 2. The smallest absolute Gasteiger partial charge is 0.226 e. The Bertz CT molecular complexity index is 365. The van der Waals surface area contributed by atoms with Crippen molar-refractivity contribution in [3.63, 3.8) is 0 Å². The van der Waals surface area contributed by atoms with Crippen LogP contribution in [0.3, 0.4) is 0 Å². The maximum Gasteiger partial charge on any atom is 0.226 e. The van der Waals surface area contributed by atoms with Gasteiger partial charge in [0.1, 0.15) is 0 Å². The molecular formula is C11H15N3O2. The van der Waals surface area contributed by atoms with Gasteiger partial charge in [-0.1, -0.05) is 13.0 Å². The minimum Gasteiger partial charge on any atom is -0.369 e. The van der Waals surface area contributed by atoms with Crippen molar-refractivity contribution in [2.45, 2.75) is 13.3 Å². The first-order chi connectivity index (χ1) is 7.59. The third-order valence-electron chi connectivity index (χ3n) is 2.16. The molecule has 1 aromatic rings. The molecule has 0 aromatic carbocycles. The van der Waals surface area contributed by atoms with Gasteiger partial charge in [0.15, 0.2) is 0 Å². The summed E-state index contributed by atoms with van der Waals surface area (Å²) in [5, 5.41) is 2.63. The molecule has 5 heteroatoms. The van der Waals surface area contributed by atoms with Crippen molar-refractivity contribution in [1.29, 1.82) is 0 Å². The molecule has 0 aliphatic carbocycles. The number of pyridine rings is 1. The van der Waals surface area contributed by atoms with Gasteiger partial charge in [0.2, 0.25) is 11.8 Å². The van der Waals surface area contributed by atoms with Gasteiger partial charge in [-0.15, -0.1) is 0 Å². The van der Waals surface area contributed by atoms with E-state index in [1.807, 2.05) is 6.07 Å². The van der Waals surface area contributed by atoms with Crippen LogP contribution < -0.4 is 11.1 Å². The van der Waals surface area contributed by atoms with E-state index in [2.05, 4.69) is 10.3 Å². The summed E-state index contributed by atoms with van der Waals surface area (Å²) in [6.45, 7) is 1.93. The largest absolute Gasteiger partial charge is 0.369 e. The monoisotopic (exact) mass is 221 g/mol. The van der Waals surface area contributed by atoms with E-state index in [0.29, 0.717) is 5.69 Å². The highest BCUT2D eigenvalue weighted by molar-refractivity contribution is 5.80. The van der Waals surface area contributed by atoms with E-state index in [-0.39, 0.29) is 24.8 Å². The summed E-state index contributed by atoms with van der Waals surface area (Å²) in [6.07, 6.45) is 1.85. The van der Waals surface area contributed by atoms with Gasteiger partial charge in [-0.05, 0) is 12.1 Å². The highest BCUT2D eigenvalue weighted by Gasteiger charge is 2.10. The molecule has 1 rings (SSSR count). The zero-order valence-electron chi connectivity index (χ0n) is 9.14. The van der Waals surface area contributed by atoms with Crippen LogP contribution in [0.4, 0.5) is 0 Å². The molecule has 0 saturated carbocycles. The molecule has 86 valence electrons. The van der Waals surface area contributed by atoms with Crippen molar-refractivity contribution in [2.75, 3.05) is 6.54 Å². The molecule has 0 radical (unpaired) electrons. The number of primary amides is 1. The van der Waals surface area contributed by atoms with Gasteiger partial charge in [0.05, 0.1) is 12.3 Å². The first-order valence-corrected chi connectivity index (χ1v) is 5.05. The van der Waals surface area contributed by atoms with Crippen LogP contribution in [0, 0.1) is 5.92 Å². The van der Waals surface area contributed by atoms with Crippen molar-refractivity contribution in [3.05, 3.63) is 30.1 Å². The summed E-state index contributed by atoms with van der Waals surface area (Å²) >= 11 is 0. The third-order valence-corrected chi connectivity index (χ3v) is 2.16. The van der Waals surface area contributed by atoms with Gasteiger partial charge in [-0.3, -0.25) is 14.6 Å². The van der Waals surface area contributed by atoms with E-state index in [9.17, 15) is 9.59 Å². The van der Waals surface area contributed by atoms with Gasteiger partial charge in [-0.25, -0.2) is 0 Å². The Hall–Kier alpha value is -1.91. The first kappa shape index (κ1) is 12.2. The zero-order chi connectivity index (χ0) is 12.0. The topological polar surface area (TPSA) is 85.1 Å². The fraction of sp³-hybridized carbons (Fsp3) is 0.364. The molecule has 1 aromatic heterocycles. The maximum atomic E-state index is 11.4. The van der Waals surface area contributed by atoms with Crippen LogP contribution in [0.5, 0.6) is 0 Å². The van der Waals surface area contributed by atoms with Crippen LogP contribution >= 0.6 is 0 Å². The quantitative estimate of drug-likeness (QED) is 0.725. The second-order valence-electron chi connectivity index (χ2n) is 3.61. The summed E-state index contributed by atoms with van der Waals surface area (Å²) in [7, 11) is 0. The Labute approximate surface area is 94.1 Å². The normalized spacial score (nSPS) is 11.8. The van der Waals surface area contributed by atoms with Gasteiger partial charge < -0.3 is 11.1 Å². The van der Waals surface area contributed by atoms with Crippen molar-refractivity contribution < 1.29 is 9.59 Å². The molecule has 2 amide bonds. The van der Waals surface area contributed by atoms with Crippen LogP contribution in [-0.4, -0.2) is 23.3 Å². The van der Waals surface area contributed by atoms with Crippen molar-refractivity contribution in [3.8, 4) is 0 Å². The van der Waals surface area contributed by atoms with Crippen LogP contribution in [0.15, 0.2) is 24.4 Å². The van der Waals surface area contributed by atoms with E-state index < -0.39 is 5.91 Å². The molecule has 3 N–H and O–H groups in total. The summed E-state index contributed by atoms with van der Waals surface area (Å²) in [5.74, 6) is -0.933. The Morgan fingerprint density at radius 1 is 1.50 bits per heavy atom. The fourth-order valence-electron chi connectivity index (χ4n) is 1.10. The predicted octanol–water partition coefficient (Wildman–Crippen LogP) is -0.138. The standard InChI is InChI=1S/C11H15N3O2/c1-8(11(12)16)7-14-10(15)6-9-4-2-3-5-13-9/h2-5,8H,6-7H2,1H3,(H2,12,16)(H,14,15).